The van der Waals surface area contributed by atoms with Crippen LogP contribution in [0.4, 0.5) is 4.39 Å². The predicted octanol–water partition coefficient (Wildman–Crippen LogP) is 2.72. The third-order valence-corrected chi connectivity index (χ3v) is 2.51. The van der Waals surface area contributed by atoms with E-state index in [-0.39, 0.29) is 5.82 Å². The molecule has 3 heteroatoms. The second kappa shape index (κ2) is 4.90. The van der Waals surface area contributed by atoms with Crippen molar-refractivity contribution in [1.82, 2.24) is 0 Å². The van der Waals surface area contributed by atoms with Gasteiger partial charge in [0.2, 0.25) is 0 Å². The smallest absolute Gasteiger partial charge is 0.126 e. The molecule has 0 amide bonds. The highest BCUT2D eigenvalue weighted by atomic mass is 19.1. The van der Waals surface area contributed by atoms with E-state index in [1.165, 1.54) is 12.1 Å². The quantitative estimate of drug-likeness (QED) is 0.828. The number of aliphatic hydroxyl groups is 1. The molecule has 0 radical (unpaired) electrons. The number of nitrogens with zero attached hydrogens (tertiary/aromatic N) is 1. The minimum Gasteiger partial charge on any atom is -0.387 e. The second-order valence-electron chi connectivity index (χ2n) is 3.60. The third-order valence-electron chi connectivity index (χ3n) is 2.51. The largest absolute Gasteiger partial charge is 0.387 e. The van der Waals surface area contributed by atoms with Gasteiger partial charge in [-0.15, -0.1) is 0 Å². The Kier molecular flexibility index (Phi) is 3.81. The zero-order chi connectivity index (χ0) is 11.4. The molecule has 0 saturated carbocycles. The minimum atomic E-state index is -0.834. The van der Waals surface area contributed by atoms with Crippen molar-refractivity contribution in [3.8, 4) is 6.07 Å². The van der Waals surface area contributed by atoms with Crippen molar-refractivity contribution in [2.75, 3.05) is 0 Å². The third kappa shape index (κ3) is 2.54. The number of rotatable bonds is 3. The van der Waals surface area contributed by atoms with Gasteiger partial charge >= 0.3 is 0 Å². The molecule has 0 aromatic heterocycles. The Morgan fingerprint density at radius 2 is 2.20 bits per heavy atom. The van der Waals surface area contributed by atoms with Gasteiger partial charge in [-0.25, -0.2) is 4.39 Å². The number of aliphatic hydroxyl groups excluding tert-OH is 1. The number of benzene rings is 1. The minimum absolute atomic E-state index is 0.295. The van der Waals surface area contributed by atoms with Gasteiger partial charge in [-0.3, -0.25) is 0 Å². The zero-order valence-corrected chi connectivity index (χ0v) is 8.87. The summed E-state index contributed by atoms with van der Waals surface area (Å²) in [4.78, 5) is 0. The molecule has 0 bridgehead atoms. The highest BCUT2D eigenvalue weighted by molar-refractivity contribution is 5.26. The topological polar surface area (TPSA) is 44.0 Å². The average molecular weight is 207 g/mol. The number of aryl methyl sites for hydroxylation is 1. The molecule has 0 aliphatic rings. The molecule has 2 unspecified atom stereocenters. The van der Waals surface area contributed by atoms with Gasteiger partial charge in [-0.2, -0.15) is 5.26 Å². The molecule has 0 saturated heterocycles. The lowest BCUT2D eigenvalue weighted by Crippen LogP contribution is -2.10. The SMILES string of the molecule is CCC(C#N)C(O)c1ccc(F)c(C)c1. The van der Waals surface area contributed by atoms with E-state index in [1.807, 2.05) is 13.0 Å². The standard InChI is InChI=1S/C12H14FNO/c1-3-9(7-14)12(15)10-4-5-11(13)8(2)6-10/h4-6,9,12,15H,3H2,1-2H3. The van der Waals surface area contributed by atoms with Crippen LogP contribution >= 0.6 is 0 Å². The molecule has 0 aliphatic carbocycles. The Balaban J connectivity index is 2.97. The molecular formula is C12H14FNO. The summed E-state index contributed by atoms with van der Waals surface area (Å²) in [6, 6.07) is 6.46. The molecular weight excluding hydrogens is 193 g/mol. The molecule has 0 heterocycles. The van der Waals surface area contributed by atoms with Crippen molar-refractivity contribution in [1.29, 1.82) is 5.26 Å². The monoisotopic (exact) mass is 207 g/mol. The maximum absolute atomic E-state index is 13.0. The summed E-state index contributed by atoms with van der Waals surface area (Å²) in [5, 5.41) is 18.6. The van der Waals surface area contributed by atoms with E-state index >= 15 is 0 Å². The predicted molar refractivity (Wildman–Crippen MR) is 55.5 cm³/mol. The molecule has 1 aromatic carbocycles. The first-order chi connectivity index (χ1) is 7.10. The van der Waals surface area contributed by atoms with E-state index in [0.29, 0.717) is 17.5 Å². The van der Waals surface area contributed by atoms with E-state index in [4.69, 9.17) is 5.26 Å². The van der Waals surface area contributed by atoms with Gasteiger partial charge in [0.25, 0.3) is 0 Å². The summed E-state index contributed by atoms with van der Waals surface area (Å²) < 4.78 is 13.0. The molecule has 2 nitrogen and oxygen atoms in total. The summed E-state index contributed by atoms with van der Waals surface area (Å²) >= 11 is 0. The van der Waals surface area contributed by atoms with Crippen molar-refractivity contribution in [3.63, 3.8) is 0 Å². The Labute approximate surface area is 89.0 Å². The molecule has 1 aromatic rings. The van der Waals surface area contributed by atoms with Crippen molar-refractivity contribution < 1.29 is 9.50 Å². The van der Waals surface area contributed by atoms with Crippen LogP contribution in [0.1, 0.15) is 30.6 Å². The fraction of sp³-hybridized carbons (Fsp3) is 0.417. The summed E-state index contributed by atoms with van der Waals surface area (Å²) in [7, 11) is 0. The van der Waals surface area contributed by atoms with Gasteiger partial charge in [0.1, 0.15) is 5.82 Å². The van der Waals surface area contributed by atoms with Crippen molar-refractivity contribution in [2.45, 2.75) is 26.4 Å². The van der Waals surface area contributed by atoms with E-state index in [2.05, 4.69) is 0 Å². The molecule has 0 spiro atoms. The summed E-state index contributed by atoms with van der Waals surface area (Å²) in [6.45, 7) is 3.48. The van der Waals surface area contributed by atoms with Crippen LogP contribution in [0.3, 0.4) is 0 Å². The van der Waals surface area contributed by atoms with Gasteiger partial charge in [-0.1, -0.05) is 19.1 Å². The first kappa shape index (κ1) is 11.7. The molecule has 1 N–H and O–H groups in total. The van der Waals surface area contributed by atoms with Crippen LogP contribution in [0.15, 0.2) is 18.2 Å². The van der Waals surface area contributed by atoms with E-state index in [9.17, 15) is 9.50 Å². The highest BCUT2D eigenvalue weighted by Gasteiger charge is 2.19. The van der Waals surface area contributed by atoms with Gasteiger partial charge in [0.05, 0.1) is 18.1 Å². The van der Waals surface area contributed by atoms with E-state index in [1.54, 1.807) is 13.0 Å². The second-order valence-corrected chi connectivity index (χ2v) is 3.60. The van der Waals surface area contributed by atoms with Crippen LogP contribution in [-0.4, -0.2) is 5.11 Å². The van der Waals surface area contributed by atoms with Gasteiger partial charge < -0.3 is 5.11 Å². The maximum Gasteiger partial charge on any atom is 0.126 e. The highest BCUT2D eigenvalue weighted by Crippen LogP contribution is 2.25. The van der Waals surface area contributed by atoms with Crippen LogP contribution in [0.2, 0.25) is 0 Å². The lowest BCUT2D eigenvalue weighted by atomic mass is 9.94. The first-order valence-electron chi connectivity index (χ1n) is 4.93. The van der Waals surface area contributed by atoms with Gasteiger partial charge in [0.15, 0.2) is 0 Å². The molecule has 80 valence electrons. The normalized spacial score (nSPS) is 14.3. The number of hydrogen-bond acceptors (Lipinski definition) is 2. The van der Waals surface area contributed by atoms with Crippen molar-refractivity contribution in [2.24, 2.45) is 5.92 Å². The summed E-state index contributed by atoms with van der Waals surface area (Å²) in [5.41, 5.74) is 1.08. The average Bonchev–Trinajstić information content (AvgIpc) is 2.23. The molecule has 0 fully saturated rings. The zero-order valence-electron chi connectivity index (χ0n) is 8.87. The van der Waals surface area contributed by atoms with Gasteiger partial charge in [-0.05, 0) is 30.5 Å². The Morgan fingerprint density at radius 1 is 1.53 bits per heavy atom. The molecule has 1 rings (SSSR count). The van der Waals surface area contributed by atoms with E-state index < -0.39 is 12.0 Å². The Bertz CT molecular complexity index is 384. The van der Waals surface area contributed by atoms with Crippen LogP contribution in [0.25, 0.3) is 0 Å². The number of halogens is 1. The molecule has 15 heavy (non-hydrogen) atoms. The van der Waals surface area contributed by atoms with Crippen LogP contribution in [-0.2, 0) is 0 Å². The first-order valence-corrected chi connectivity index (χ1v) is 4.93. The van der Waals surface area contributed by atoms with Crippen LogP contribution in [0, 0.1) is 30.0 Å². The maximum atomic E-state index is 13.0. The fourth-order valence-corrected chi connectivity index (χ4v) is 1.47. The van der Waals surface area contributed by atoms with Crippen LogP contribution in [0.5, 0.6) is 0 Å². The summed E-state index contributed by atoms with van der Waals surface area (Å²) in [6.07, 6.45) is -0.257. The number of nitriles is 1. The Hall–Kier alpha value is -1.40. The van der Waals surface area contributed by atoms with Gasteiger partial charge in [0, 0.05) is 0 Å². The van der Waals surface area contributed by atoms with Crippen molar-refractivity contribution >= 4 is 0 Å². The molecule has 0 aliphatic heterocycles. The number of hydrogen-bond donors (Lipinski definition) is 1. The lowest BCUT2D eigenvalue weighted by Gasteiger charge is -2.15. The van der Waals surface area contributed by atoms with Crippen molar-refractivity contribution in [3.05, 3.63) is 35.1 Å². The Morgan fingerprint density at radius 3 is 2.67 bits per heavy atom. The summed E-state index contributed by atoms with van der Waals surface area (Å²) in [5.74, 6) is -0.731. The fourth-order valence-electron chi connectivity index (χ4n) is 1.47. The van der Waals surface area contributed by atoms with E-state index in [0.717, 1.165) is 0 Å². The molecule has 2 atom stereocenters. The lowest BCUT2D eigenvalue weighted by molar-refractivity contribution is 0.132. The van der Waals surface area contributed by atoms with Crippen LogP contribution < -0.4 is 0 Å².